The van der Waals surface area contributed by atoms with Crippen molar-refractivity contribution < 1.29 is 14.6 Å². The lowest BCUT2D eigenvalue weighted by Crippen LogP contribution is -2.04. The second-order valence-electron chi connectivity index (χ2n) is 3.18. The molecule has 2 aromatic rings. The van der Waals surface area contributed by atoms with E-state index < -0.39 is 5.97 Å². The fraction of sp³-hybridized carbons (Fsp3) is 0.0909. The number of fused-ring (bicyclic) bond motifs is 1. The molecule has 1 aromatic heterocycles. The highest BCUT2D eigenvalue weighted by molar-refractivity contribution is 9.10. The molecule has 1 aromatic carbocycles. The monoisotopic (exact) mass is 281 g/mol. The number of carboxylic acids is 1. The smallest absolute Gasteiger partial charge is 0.358 e. The van der Waals surface area contributed by atoms with Crippen LogP contribution >= 0.6 is 15.9 Å². The zero-order valence-corrected chi connectivity index (χ0v) is 9.98. The van der Waals surface area contributed by atoms with Crippen LogP contribution in [0.3, 0.4) is 0 Å². The van der Waals surface area contributed by atoms with E-state index in [9.17, 15) is 4.79 Å². The molecule has 1 N–H and O–H groups in total. The van der Waals surface area contributed by atoms with Crippen molar-refractivity contribution in [1.29, 1.82) is 0 Å². The molecule has 0 spiro atoms. The van der Waals surface area contributed by atoms with Gasteiger partial charge in [-0.05, 0) is 18.2 Å². The van der Waals surface area contributed by atoms with Gasteiger partial charge >= 0.3 is 5.97 Å². The number of carbonyl (C=O) groups is 1. The van der Waals surface area contributed by atoms with E-state index in [4.69, 9.17) is 9.84 Å². The minimum atomic E-state index is -1.10. The van der Waals surface area contributed by atoms with Crippen LogP contribution in [0, 0.1) is 0 Å². The van der Waals surface area contributed by atoms with Crippen molar-refractivity contribution in [2.45, 2.75) is 0 Å². The summed E-state index contributed by atoms with van der Waals surface area (Å²) in [6.07, 6.45) is 1.52. The van der Waals surface area contributed by atoms with Gasteiger partial charge in [0.2, 0.25) is 0 Å². The van der Waals surface area contributed by atoms with E-state index in [-0.39, 0.29) is 11.4 Å². The Labute approximate surface area is 100.0 Å². The Bertz CT molecular complexity index is 568. The van der Waals surface area contributed by atoms with Crippen LogP contribution in [-0.4, -0.2) is 23.2 Å². The predicted octanol–water partition coefficient (Wildman–Crippen LogP) is 2.70. The number of benzene rings is 1. The van der Waals surface area contributed by atoms with Gasteiger partial charge in [0.1, 0.15) is 0 Å². The standard InChI is InChI=1S/C11H8BrNO3/c1-16-10-8-3-2-7(12)4-6(8)5-13-9(10)11(14)15/h2-5H,1H3,(H,14,15). The number of hydrogen-bond acceptors (Lipinski definition) is 3. The number of methoxy groups -OCH3 is 1. The zero-order valence-electron chi connectivity index (χ0n) is 8.40. The molecule has 0 aliphatic heterocycles. The number of aromatic carboxylic acids is 1. The zero-order chi connectivity index (χ0) is 11.7. The van der Waals surface area contributed by atoms with E-state index in [1.165, 1.54) is 13.3 Å². The highest BCUT2D eigenvalue weighted by atomic mass is 79.9. The first-order chi connectivity index (χ1) is 7.63. The molecule has 0 radical (unpaired) electrons. The lowest BCUT2D eigenvalue weighted by molar-refractivity contribution is 0.0687. The Morgan fingerprint density at radius 1 is 1.50 bits per heavy atom. The number of pyridine rings is 1. The molecule has 82 valence electrons. The van der Waals surface area contributed by atoms with Crippen LogP contribution in [0.15, 0.2) is 28.9 Å². The summed E-state index contributed by atoms with van der Waals surface area (Å²) >= 11 is 3.34. The quantitative estimate of drug-likeness (QED) is 0.920. The van der Waals surface area contributed by atoms with E-state index in [2.05, 4.69) is 20.9 Å². The van der Waals surface area contributed by atoms with Crippen molar-refractivity contribution in [2.24, 2.45) is 0 Å². The fourth-order valence-corrected chi connectivity index (χ4v) is 1.91. The maximum absolute atomic E-state index is 10.9. The third-order valence-electron chi connectivity index (χ3n) is 2.21. The average molecular weight is 282 g/mol. The van der Waals surface area contributed by atoms with Crippen molar-refractivity contribution in [3.8, 4) is 5.75 Å². The van der Waals surface area contributed by atoms with Crippen molar-refractivity contribution in [3.05, 3.63) is 34.6 Å². The number of nitrogens with zero attached hydrogens (tertiary/aromatic N) is 1. The molecule has 0 unspecified atom stereocenters. The summed E-state index contributed by atoms with van der Waals surface area (Å²) in [5.74, 6) is -0.806. The van der Waals surface area contributed by atoms with E-state index in [0.29, 0.717) is 0 Å². The Hall–Kier alpha value is -1.62. The Morgan fingerprint density at radius 3 is 2.88 bits per heavy atom. The molecule has 4 nitrogen and oxygen atoms in total. The van der Waals surface area contributed by atoms with Crippen LogP contribution in [0.5, 0.6) is 5.75 Å². The van der Waals surface area contributed by atoms with E-state index in [1.807, 2.05) is 12.1 Å². The maximum atomic E-state index is 10.9. The van der Waals surface area contributed by atoms with Gasteiger partial charge in [-0.2, -0.15) is 0 Å². The van der Waals surface area contributed by atoms with Crippen LogP contribution in [-0.2, 0) is 0 Å². The largest absolute Gasteiger partial charge is 0.494 e. The summed E-state index contributed by atoms with van der Waals surface area (Å²) in [7, 11) is 1.44. The molecule has 0 saturated carbocycles. The molecule has 1 heterocycles. The molecule has 0 saturated heterocycles. The van der Waals surface area contributed by atoms with E-state index in [0.717, 1.165) is 15.2 Å². The van der Waals surface area contributed by atoms with Gasteiger partial charge in [-0.25, -0.2) is 9.78 Å². The highest BCUT2D eigenvalue weighted by Gasteiger charge is 2.15. The van der Waals surface area contributed by atoms with Crippen LogP contribution in [0.4, 0.5) is 0 Å². The summed E-state index contributed by atoms with van der Waals surface area (Å²) in [6, 6.07) is 5.49. The minimum Gasteiger partial charge on any atom is -0.494 e. The van der Waals surface area contributed by atoms with Gasteiger partial charge in [-0.1, -0.05) is 15.9 Å². The lowest BCUT2D eigenvalue weighted by atomic mass is 10.1. The Balaban J connectivity index is 2.80. The third kappa shape index (κ3) is 1.74. The lowest BCUT2D eigenvalue weighted by Gasteiger charge is -2.08. The van der Waals surface area contributed by atoms with Gasteiger partial charge in [0, 0.05) is 21.4 Å². The summed E-state index contributed by atoms with van der Waals surface area (Å²) in [5.41, 5.74) is -0.0719. The summed E-state index contributed by atoms with van der Waals surface area (Å²) in [5, 5.41) is 10.5. The topological polar surface area (TPSA) is 59.4 Å². The first-order valence-electron chi connectivity index (χ1n) is 4.49. The maximum Gasteiger partial charge on any atom is 0.358 e. The number of halogens is 1. The first-order valence-corrected chi connectivity index (χ1v) is 5.28. The summed E-state index contributed by atoms with van der Waals surface area (Å²) in [4.78, 5) is 14.8. The van der Waals surface area contributed by atoms with Crippen molar-refractivity contribution in [3.63, 3.8) is 0 Å². The Kier molecular flexibility index (Phi) is 2.78. The molecular weight excluding hydrogens is 274 g/mol. The average Bonchev–Trinajstić information content (AvgIpc) is 2.26. The SMILES string of the molecule is COc1c(C(=O)O)ncc2cc(Br)ccc12. The number of aromatic nitrogens is 1. The number of hydrogen-bond donors (Lipinski definition) is 1. The molecule has 5 heteroatoms. The van der Waals surface area contributed by atoms with Crippen LogP contribution < -0.4 is 4.74 Å². The Morgan fingerprint density at radius 2 is 2.25 bits per heavy atom. The summed E-state index contributed by atoms with van der Waals surface area (Å²) in [6.45, 7) is 0. The summed E-state index contributed by atoms with van der Waals surface area (Å²) < 4.78 is 6.01. The molecule has 16 heavy (non-hydrogen) atoms. The second-order valence-corrected chi connectivity index (χ2v) is 4.09. The van der Waals surface area contributed by atoms with Gasteiger partial charge in [-0.3, -0.25) is 0 Å². The molecule has 0 aliphatic rings. The molecule has 0 fully saturated rings. The van der Waals surface area contributed by atoms with Crippen LogP contribution in [0.2, 0.25) is 0 Å². The van der Waals surface area contributed by atoms with Crippen molar-refractivity contribution in [1.82, 2.24) is 4.98 Å². The van der Waals surface area contributed by atoms with Gasteiger partial charge < -0.3 is 9.84 Å². The van der Waals surface area contributed by atoms with Crippen molar-refractivity contribution in [2.75, 3.05) is 7.11 Å². The molecule has 0 amide bonds. The number of carboxylic acid groups (broad SMARTS) is 1. The van der Waals surface area contributed by atoms with Crippen LogP contribution in [0.1, 0.15) is 10.5 Å². The van der Waals surface area contributed by atoms with Gasteiger partial charge in [0.05, 0.1) is 7.11 Å². The molecule has 2 rings (SSSR count). The first kappa shape index (κ1) is 10.9. The third-order valence-corrected chi connectivity index (χ3v) is 2.71. The molecule has 0 bridgehead atoms. The van der Waals surface area contributed by atoms with E-state index in [1.54, 1.807) is 6.07 Å². The van der Waals surface area contributed by atoms with Crippen molar-refractivity contribution >= 4 is 32.7 Å². The highest BCUT2D eigenvalue weighted by Crippen LogP contribution is 2.29. The number of rotatable bonds is 2. The van der Waals surface area contributed by atoms with Gasteiger partial charge in [0.15, 0.2) is 11.4 Å². The van der Waals surface area contributed by atoms with Crippen LogP contribution in [0.25, 0.3) is 10.8 Å². The predicted molar refractivity (Wildman–Crippen MR) is 63.0 cm³/mol. The minimum absolute atomic E-state index is 0.0719. The second kappa shape index (κ2) is 4.09. The van der Waals surface area contributed by atoms with Gasteiger partial charge in [0.25, 0.3) is 0 Å². The van der Waals surface area contributed by atoms with Gasteiger partial charge in [-0.15, -0.1) is 0 Å². The molecular formula is C11H8BrNO3. The number of ether oxygens (including phenoxy) is 1. The molecule has 0 aliphatic carbocycles. The molecule has 0 atom stereocenters. The van der Waals surface area contributed by atoms with E-state index >= 15 is 0 Å². The normalized spacial score (nSPS) is 10.4. The fourth-order valence-electron chi connectivity index (χ4n) is 1.53.